The maximum absolute atomic E-state index is 10.5. The van der Waals surface area contributed by atoms with Gasteiger partial charge in [-0.2, -0.15) is 8.42 Å². The van der Waals surface area contributed by atoms with Gasteiger partial charge in [-0.1, -0.05) is 158 Å². The van der Waals surface area contributed by atoms with Crippen molar-refractivity contribution in [3.8, 4) is 0 Å². The molecule has 266 valence electrons. The molecule has 0 aliphatic rings. The van der Waals surface area contributed by atoms with Gasteiger partial charge in [-0.05, 0) is 55.1 Å². The van der Waals surface area contributed by atoms with Crippen LogP contribution in [0.3, 0.4) is 0 Å². The minimum Gasteiger partial charge on any atom is -0.295 e. The van der Waals surface area contributed by atoms with E-state index in [4.69, 9.17) is 4.55 Å². The molecule has 0 unspecified atom stereocenters. The Morgan fingerprint density at radius 2 is 1.04 bits per heavy atom. The first-order chi connectivity index (χ1) is 23.1. The quantitative estimate of drug-likeness (QED) is 0.0463. The molecule has 48 heavy (non-hydrogen) atoms. The molecule has 3 aromatic rings. The van der Waals surface area contributed by atoms with Crippen molar-refractivity contribution in [2.45, 2.75) is 141 Å². The Kier molecular flexibility index (Phi) is 20.7. The van der Waals surface area contributed by atoms with E-state index in [0.29, 0.717) is 0 Å². The predicted octanol–water partition coefficient (Wildman–Crippen LogP) is 11.4. The molecule has 0 atom stereocenters. The molecule has 0 saturated carbocycles. The van der Waals surface area contributed by atoms with E-state index >= 15 is 0 Å². The van der Waals surface area contributed by atoms with Gasteiger partial charge in [0.05, 0.1) is 4.92 Å². The maximum atomic E-state index is 10.5. The van der Waals surface area contributed by atoms with Crippen molar-refractivity contribution in [1.29, 1.82) is 0 Å². The minimum atomic E-state index is -4.36. The predicted molar refractivity (Wildman–Crippen MR) is 199 cm³/mol. The van der Waals surface area contributed by atoms with Crippen LogP contribution in [0.2, 0.25) is 0 Å². The van der Waals surface area contributed by atoms with Crippen LogP contribution in [0.15, 0.2) is 77.7 Å². The summed E-state index contributed by atoms with van der Waals surface area (Å²) in [4.78, 5) is 11.6. The van der Waals surface area contributed by atoms with Crippen LogP contribution in [-0.4, -0.2) is 29.3 Å². The fraction of sp³-hybridized carbons (Fsp3) is 0.550. The highest BCUT2D eigenvalue weighted by molar-refractivity contribution is 7.85. The number of rotatable bonds is 23. The van der Waals surface area contributed by atoms with E-state index in [1.807, 2.05) is 0 Å². The van der Waals surface area contributed by atoms with Crippen LogP contribution in [0.25, 0.3) is 0 Å². The van der Waals surface area contributed by atoms with Crippen molar-refractivity contribution in [1.82, 2.24) is 4.90 Å². The summed E-state index contributed by atoms with van der Waals surface area (Å²) in [7, 11) is -4.36. The van der Waals surface area contributed by atoms with Crippen molar-refractivity contribution in [3.05, 3.63) is 105 Å². The first-order valence-corrected chi connectivity index (χ1v) is 19.6. The SMILES string of the molecule is CCCCCCCCCCCCCCCCCCN(Cc1ccccc1C)Cc1ccccc1C.O=[N+]([O-])c1cccc(S(=O)(=O)O)c1. The van der Waals surface area contributed by atoms with Crippen LogP contribution in [0.1, 0.15) is 132 Å². The number of aryl methyl sites for hydroxylation is 2. The molecule has 0 fully saturated rings. The number of nitro groups is 1. The fourth-order valence-electron chi connectivity index (χ4n) is 5.91. The van der Waals surface area contributed by atoms with Gasteiger partial charge >= 0.3 is 0 Å². The number of hydrogen-bond acceptors (Lipinski definition) is 5. The zero-order valence-electron chi connectivity index (χ0n) is 29.7. The van der Waals surface area contributed by atoms with Gasteiger partial charge in [0.25, 0.3) is 15.8 Å². The van der Waals surface area contributed by atoms with Crippen LogP contribution < -0.4 is 0 Å². The summed E-state index contributed by atoms with van der Waals surface area (Å²) in [5, 5.41) is 10.2. The van der Waals surface area contributed by atoms with Gasteiger partial charge in [0.2, 0.25) is 0 Å². The van der Waals surface area contributed by atoms with Gasteiger partial charge in [0.1, 0.15) is 4.90 Å². The summed E-state index contributed by atoms with van der Waals surface area (Å²) in [6, 6.07) is 21.9. The largest absolute Gasteiger partial charge is 0.295 e. The van der Waals surface area contributed by atoms with Crippen LogP contribution >= 0.6 is 0 Å². The smallest absolute Gasteiger partial charge is 0.294 e. The average molecular weight is 681 g/mol. The summed E-state index contributed by atoms with van der Waals surface area (Å²) < 4.78 is 29.6. The van der Waals surface area contributed by atoms with Crippen molar-refractivity contribution >= 4 is 15.8 Å². The molecule has 7 nitrogen and oxygen atoms in total. The Bertz CT molecular complexity index is 1380. The number of non-ortho nitro benzene ring substituents is 1. The van der Waals surface area contributed by atoms with Crippen molar-refractivity contribution < 1.29 is 17.9 Å². The molecular formula is C40H60N2O5S. The maximum Gasteiger partial charge on any atom is 0.294 e. The van der Waals surface area contributed by atoms with Crippen molar-refractivity contribution in [3.63, 3.8) is 0 Å². The molecule has 0 amide bonds. The molecule has 0 aromatic heterocycles. The second-order valence-corrected chi connectivity index (χ2v) is 14.5. The second kappa shape index (κ2) is 24.1. The molecule has 3 aromatic carbocycles. The highest BCUT2D eigenvalue weighted by Crippen LogP contribution is 2.19. The number of benzene rings is 3. The summed E-state index contributed by atoms with van der Waals surface area (Å²) in [5.74, 6) is 0. The standard InChI is InChI=1S/C34H55N.C6H5NO5S/c1-4-5-6-7-8-9-10-11-12-13-14-15-16-17-18-23-28-35(29-33-26-21-19-24-31(33)2)30-34-27-22-20-25-32(34)3;8-7(9)5-2-1-3-6(4-5)13(10,11)12/h19-22,24-27H,4-18,23,28-30H2,1-3H3;1-4H,(H,10,11,12). The topological polar surface area (TPSA) is 101 Å². The minimum absolute atomic E-state index is 0.380. The molecule has 0 radical (unpaired) electrons. The highest BCUT2D eigenvalue weighted by Gasteiger charge is 2.14. The van der Waals surface area contributed by atoms with Gasteiger partial charge in [0.15, 0.2) is 0 Å². The van der Waals surface area contributed by atoms with E-state index in [1.54, 1.807) is 0 Å². The zero-order chi connectivity index (χ0) is 35.0. The Hall–Kier alpha value is -3.07. The average Bonchev–Trinajstić information content (AvgIpc) is 3.06. The van der Waals surface area contributed by atoms with Gasteiger partial charge in [0, 0.05) is 25.2 Å². The lowest BCUT2D eigenvalue weighted by Crippen LogP contribution is -2.25. The molecule has 0 heterocycles. The van der Waals surface area contributed by atoms with Crippen molar-refractivity contribution in [2.75, 3.05) is 6.54 Å². The van der Waals surface area contributed by atoms with E-state index in [-0.39, 0.29) is 5.69 Å². The lowest BCUT2D eigenvalue weighted by molar-refractivity contribution is -0.385. The Morgan fingerprint density at radius 3 is 1.44 bits per heavy atom. The van der Waals surface area contributed by atoms with Gasteiger partial charge in [-0.25, -0.2) is 0 Å². The fourth-order valence-corrected chi connectivity index (χ4v) is 6.43. The molecular weight excluding hydrogens is 621 g/mol. The van der Waals surface area contributed by atoms with E-state index in [2.05, 4.69) is 74.2 Å². The number of nitro benzene ring substituents is 1. The summed E-state index contributed by atoms with van der Waals surface area (Å²) in [6.07, 6.45) is 22.9. The van der Waals surface area contributed by atoms with Gasteiger partial charge in [-0.15, -0.1) is 0 Å². The van der Waals surface area contributed by atoms with E-state index in [1.165, 1.54) is 138 Å². The molecule has 0 saturated heterocycles. The van der Waals surface area contributed by atoms with Crippen LogP contribution in [0, 0.1) is 24.0 Å². The third-order valence-corrected chi connectivity index (χ3v) is 9.81. The van der Waals surface area contributed by atoms with E-state index in [9.17, 15) is 18.5 Å². The molecule has 8 heteroatoms. The van der Waals surface area contributed by atoms with Crippen LogP contribution in [0.4, 0.5) is 5.69 Å². The monoisotopic (exact) mass is 680 g/mol. The van der Waals surface area contributed by atoms with E-state index in [0.717, 1.165) is 31.3 Å². The summed E-state index contributed by atoms with van der Waals surface area (Å²) in [5.41, 5.74) is 5.38. The lowest BCUT2D eigenvalue weighted by Gasteiger charge is -2.24. The molecule has 0 bridgehead atoms. The normalized spacial score (nSPS) is 11.4. The first-order valence-electron chi connectivity index (χ1n) is 18.1. The number of unbranched alkanes of at least 4 members (excludes halogenated alkanes) is 15. The summed E-state index contributed by atoms with van der Waals surface area (Å²) in [6.45, 7) is 10.1. The Balaban J connectivity index is 0.000000513. The molecule has 3 rings (SSSR count). The summed E-state index contributed by atoms with van der Waals surface area (Å²) >= 11 is 0. The third-order valence-electron chi connectivity index (χ3n) is 8.96. The zero-order valence-corrected chi connectivity index (χ0v) is 30.6. The van der Waals surface area contributed by atoms with Gasteiger partial charge in [-0.3, -0.25) is 19.6 Å². The number of hydrogen-bond donors (Lipinski definition) is 1. The third kappa shape index (κ3) is 17.9. The van der Waals surface area contributed by atoms with E-state index < -0.39 is 19.9 Å². The second-order valence-electron chi connectivity index (χ2n) is 13.1. The molecule has 0 aliphatic heterocycles. The van der Waals surface area contributed by atoms with Gasteiger partial charge < -0.3 is 0 Å². The Morgan fingerprint density at radius 1 is 0.625 bits per heavy atom. The molecule has 0 spiro atoms. The highest BCUT2D eigenvalue weighted by atomic mass is 32.2. The van der Waals surface area contributed by atoms with Crippen molar-refractivity contribution in [2.24, 2.45) is 0 Å². The first kappa shape index (κ1) is 41.1. The lowest BCUT2D eigenvalue weighted by atomic mass is 10.0. The molecule has 0 aliphatic carbocycles. The molecule has 1 N–H and O–H groups in total. The number of nitrogens with zero attached hydrogens (tertiary/aromatic N) is 2. The Labute approximate surface area is 291 Å². The van der Waals surface area contributed by atoms with Crippen LogP contribution in [0.5, 0.6) is 0 Å². The van der Waals surface area contributed by atoms with Crippen LogP contribution in [-0.2, 0) is 23.2 Å².